The number of amides is 2. The van der Waals surface area contributed by atoms with Gasteiger partial charge in [-0.15, -0.1) is 0 Å². The molecule has 0 saturated carbocycles. The summed E-state index contributed by atoms with van der Waals surface area (Å²) in [5.74, 6) is -0.354. The van der Waals surface area contributed by atoms with Crippen LogP contribution in [0.1, 0.15) is 29.8 Å². The van der Waals surface area contributed by atoms with Crippen molar-refractivity contribution in [2.75, 3.05) is 18.4 Å². The molecule has 1 aromatic heterocycles. The maximum absolute atomic E-state index is 12.9. The Morgan fingerprint density at radius 2 is 1.87 bits per heavy atom. The smallest absolute Gasteiger partial charge is 0.229 e. The minimum absolute atomic E-state index is 0.0572. The molecule has 1 fully saturated rings. The molecule has 0 bridgehead atoms. The molecule has 7 nitrogen and oxygen atoms in total. The van der Waals surface area contributed by atoms with Crippen molar-refractivity contribution in [3.05, 3.63) is 65.5 Å². The van der Waals surface area contributed by atoms with Gasteiger partial charge in [-0.2, -0.15) is 0 Å². The van der Waals surface area contributed by atoms with Crippen molar-refractivity contribution < 1.29 is 14.2 Å². The van der Waals surface area contributed by atoms with Crippen LogP contribution in [-0.4, -0.2) is 40.1 Å². The number of rotatable bonds is 5. The van der Waals surface area contributed by atoms with Crippen LogP contribution in [0.15, 0.2) is 53.2 Å². The van der Waals surface area contributed by atoms with Gasteiger partial charge in [0, 0.05) is 18.8 Å². The quantitative estimate of drug-likeness (QED) is 0.681. The molecule has 1 aliphatic heterocycles. The highest BCUT2D eigenvalue weighted by molar-refractivity contribution is 5.94. The van der Waals surface area contributed by atoms with Gasteiger partial charge in [0.05, 0.1) is 12.3 Å². The fourth-order valence-electron chi connectivity index (χ4n) is 3.93. The Kier molecular flexibility index (Phi) is 6.11. The van der Waals surface area contributed by atoms with E-state index in [-0.39, 0.29) is 24.2 Å². The second-order valence-electron chi connectivity index (χ2n) is 8.09. The number of carbonyl (C=O) groups is 2. The van der Waals surface area contributed by atoms with Crippen molar-refractivity contribution in [1.82, 2.24) is 15.2 Å². The van der Waals surface area contributed by atoms with Gasteiger partial charge in [-0.25, -0.2) is 4.63 Å². The molecule has 1 N–H and O–H groups in total. The van der Waals surface area contributed by atoms with Gasteiger partial charge in [0.25, 0.3) is 0 Å². The first kappa shape index (κ1) is 20.8. The van der Waals surface area contributed by atoms with Gasteiger partial charge in [0.15, 0.2) is 0 Å². The lowest BCUT2D eigenvalue weighted by Gasteiger charge is -2.32. The van der Waals surface area contributed by atoms with Crippen molar-refractivity contribution in [3.63, 3.8) is 0 Å². The topological polar surface area (TPSA) is 88.3 Å². The van der Waals surface area contributed by atoms with E-state index in [0.717, 1.165) is 29.7 Å². The summed E-state index contributed by atoms with van der Waals surface area (Å²) in [6.45, 7) is 4.88. The van der Waals surface area contributed by atoms with Gasteiger partial charge in [0.1, 0.15) is 11.4 Å². The molecule has 7 heteroatoms. The van der Waals surface area contributed by atoms with E-state index < -0.39 is 0 Å². The molecule has 2 amide bonds. The normalized spacial score (nSPS) is 16.2. The maximum Gasteiger partial charge on any atom is 0.229 e. The fourth-order valence-corrected chi connectivity index (χ4v) is 3.93. The summed E-state index contributed by atoms with van der Waals surface area (Å²) < 4.78 is 4.67. The summed E-state index contributed by atoms with van der Waals surface area (Å²) in [5.41, 5.74) is 5.28. The average Bonchev–Trinajstić information content (AvgIpc) is 3.18. The van der Waals surface area contributed by atoms with Crippen LogP contribution in [0.4, 0.5) is 5.69 Å². The van der Waals surface area contributed by atoms with E-state index in [2.05, 4.69) is 45.4 Å². The molecule has 0 unspecified atom stereocenters. The number of hydrogen-bond donors (Lipinski definition) is 1. The number of nitrogens with zero attached hydrogens (tertiary/aromatic N) is 3. The van der Waals surface area contributed by atoms with E-state index in [4.69, 9.17) is 0 Å². The molecule has 2 aromatic carbocycles. The Morgan fingerprint density at radius 3 is 2.61 bits per heavy atom. The number of aromatic nitrogens is 2. The lowest BCUT2D eigenvalue weighted by molar-refractivity contribution is -0.134. The first-order valence-electron chi connectivity index (χ1n) is 10.5. The highest BCUT2D eigenvalue weighted by atomic mass is 16.6. The zero-order chi connectivity index (χ0) is 21.8. The number of anilines is 1. The number of piperidine rings is 1. The summed E-state index contributed by atoms with van der Waals surface area (Å²) in [6.07, 6.45) is 1.70. The zero-order valence-corrected chi connectivity index (χ0v) is 17.8. The number of aryl methyl sites for hydroxylation is 2. The van der Waals surface area contributed by atoms with Gasteiger partial charge >= 0.3 is 0 Å². The van der Waals surface area contributed by atoms with Crippen molar-refractivity contribution >= 4 is 17.5 Å². The molecule has 1 aliphatic rings. The molecule has 1 saturated heterocycles. The summed E-state index contributed by atoms with van der Waals surface area (Å²) in [4.78, 5) is 27.3. The highest BCUT2D eigenvalue weighted by Crippen LogP contribution is 2.25. The van der Waals surface area contributed by atoms with E-state index >= 15 is 0 Å². The molecular formula is C24H26N4O3. The minimum Gasteiger partial charge on any atom is -0.342 e. The lowest BCUT2D eigenvalue weighted by Crippen LogP contribution is -2.44. The summed E-state index contributed by atoms with van der Waals surface area (Å²) in [7, 11) is 0. The van der Waals surface area contributed by atoms with E-state index in [1.165, 1.54) is 5.56 Å². The van der Waals surface area contributed by atoms with Gasteiger partial charge in [-0.3, -0.25) is 9.59 Å². The maximum atomic E-state index is 12.9. The van der Waals surface area contributed by atoms with Crippen LogP contribution in [0.5, 0.6) is 0 Å². The standard InChI is InChI=1S/C24H26N4O3/c1-16-6-3-7-18(12-16)19-8-4-10-21(13-19)25-24(30)20-9-5-11-28(15-20)23(29)14-22-17(2)26-31-27-22/h3-4,6-8,10,12-13,20H,5,9,11,14-15H2,1-2H3,(H,25,30)/t20-/m0/s1. The van der Waals surface area contributed by atoms with Crippen molar-refractivity contribution in [2.24, 2.45) is 5.92 Å². The van der Waals surface area contributed by atoms with Gasteiger partial charge in [0.2, 0.25) is 11.8 Å². The third kappa shape index (κ3) is 4.99. The lowest BCUT2D eigenvalue weighted by atomic mass is 9.96. The Hall–Kier alpha value is -3.48. The summed E-state index contributed by atoms with van der Waals surface area (Å²) >= 11 is 0. The molecular weight excluding hydrogens is 392 g/mol. The van der Waals surface area contributed by atoms with Crippen molar-refractivity contribution in [2.45, 2.75) is 33.1 Å². The molecule has 0 spiro atoms. The molecule has 2 heterocycles. The second kappa shape index (κ2) is 9.12. The van der Waals surface area contributed by atoms with E-state index in [9.17, 15) is 9.59 Å². The third-order valence-corrected chi connectivity index (χ3v) is 5.69. The number of nitrogens with one attached hydrogen (secondary N) is 1. The van der Waals surface area contributed by atoms with Crippen molar-refractivity contribution in [3.8, 4) is 11.1 Å². The van der Waals surface area contributed by atoms with Crippen LogP contribution in [0.25, 0.3) is 11.1 Å². The van der Waals surface area contributed by atoms with E-state index in [1.807, 2.05) is 30.3 Å². The second-order valence-corrected chi connectivity index (χ2v) is 8.09. The van der Waals surface area contributed by atoms with E-state index in [0.29, 0.717) is 24.5 Å². The highest BCUT2D eigenvalue weighted by Gasteiger charge is 2.29. The number of hydrogen-bond acceptors (Lipinski definition) is 5. The largest absolute Gasteiger partial charge is 0.342 e. The van der Waals surface area contributed by atoms with Crippen LogP contribution < -0.4 is 5.32 Å². The van der Waals surface area contributed by atoms with Crippen LogP contribution in [0.2, 0.25) is 0 Å². The Balaban J connectivity index is 1.40. The number of benzene rings is 2. The Morgan fingerprint density at radius 1 is 1.10 bits per heavy atom. The SMILES string of the molecule is Cc1cccc(-c2cccc(NC(=O)[C@H]3CCCN(C(=O)Cc4nonc4C)C3)c2)c1. The average molecular weight is 418 g/mol. The van der Waals surface area contributed by atoms with Crippen LogP contribution in [-0.2, 0) is 16.0 Å². The number of likely N-dealkylation sites (tertiary alicyclic amines) is 1. The predicted molar refractivity (Wildman–Crippen MR) is 117 cm³/mol. The summed E-state index contributed by atoms with van der Waals surface area (Å²) in [5, 5.41) is 10.5. The molecule has 3 aromatic rings. The zero-order valence-electron chi connectivity index (χ0n) is 17.8. The van der Waals surface area contributed by atoms with Crippen LogP contribution in [0.3, 0.4) is 0 Å². The van der Waals surface area contributed by atoms with Crippen molar-refractivity contribution in [1.29, 1.82) is 0 Å². The fraction of sp³-hybridized carbons (Fsp3) is 0.333. The number of carbonyl (C=O) groups excluding carboxylic acids is 2. The summed E-state index contributed by atoms with van der Waals surface area (Å²) in [6, 6.07) is 16.1. The van der Waals surface area contributed by atoms with Gasteiger partial charge in [-0.1, -0.05) is 52.3 Å². The molecule has 31 heavy (non-hydrogen) atoms. The van der Waals surface area contributed by atoms with Crippen LogP contribution in [0, 0.1) is 19.8 Å². The molecule has 160 valence electrons. The molecule has 0 aliphatic carbocycles. The monoisotopic (exact) mass is 418 g/mol. The molecule has 0 radical (unpaired) electrons. The minimum atomic E-state index is -0.239. The Bertz CT molecular complexity index is 1090. The predicted octanol–water partition coefficient (Wildman–Crippen LogP) is 3.77. The van der Waals surface area contributed by atoms with Gasteiger partial charge < -0.3 is 10.2 Å². The molecule has 1 atom stereocenters. The molecule has 4 rings (SSSR count). The van der Waals surface area contributed by atoms with Gasteiger partial charge in [-0.05, 0) is 49.9 Å². The first-order valence-corrected chi connectivity index (χ1v) is 10.5. The van der Waals surface area contributed by atoms with Crippen LogP contribution >= 0.6 is 0 Å². The third-order valence-electron chi connectivity index (χ3n) is 5.69. The van der Waals surface area contributed by atoms with E-state index in [1.54, 1.807) is 11.8 Å². The first-order chi connectivity index (χ1) is 15.0. The Labute approximate surface area is 181 Å².